The van der Waals surface area contributed by atoms with E-state index in [0.29, 0.717) is 39.1 Å². The molecule has 7 heteroatoms. The van der Waals surface area contributed by atoms with E-state index >= 15 is 0 Å². The van der Waals surface area contributed by atoms with Crippen LogP contribution in [0.25, 0.3) is 0 Å². The standard InChI is InChI=1S/C18H21FN4O2/c1-14(24)22-8-10-23(11-9-22)18(25)16(12-20)13-21-7-6-15-2-4-17(19)5-3-15/h2-5,13,21H,6-11H2,1H3/b16-13-. The lowest BCUT2D eigenvalue weighted by Gasteiger charge is -2.34. The second kappa shape index (κ2) is 8.83. The highest BCUT2D eigenvalue weighted by atomic mass is 19.1. The number of piperazine rings is 1. The zero-order valence-corrected chi connectivity index (χ0v) is 14.2. The number of hydrogen-bond acceptors (Lipinski definition) is 4. The van der Waals surface area contributed by atoms with Gasteiger partial charge in [0.25, 0.3) is 5.91 Å². The van der Waals surface area contributed by atoms with Gasteiger partial charge in [-0.25, -0.2) is 4.39 Å². The summed E-state index contributed by atoms with van der Waals surface area (Å²) in [4.78, 5) is 26.9. The minimum absolute atomic E-state index is 0.00870. The molecule has 1 aromatic carbocycles. The van der Waals surface area contributed by atoms with E-state index in [1.165, 1.54) is 25.3 Å². The number of carbonyl (C=O) groups is 2. The highest BCUT2D eigenvalue weighted by Gasteiger charge is 2.24. The highest BCUT2D eigenvalue weighted by Crippen LogP contribution is 2.07. The molecule has 0 radical (unpaired) electrons. The molecule has 0 unspecified atom stereocenters. The fraction of sp³-hybridized carbons (Fsp3) is 0.389. The lowest BCUT2D eigenvalue weighted by molar-refractivity contribution is -0.136. The van der Waals surface area contributed by atoms with Crippen molar-refractivity contribution in [3.05, 3.63) is 47.4 Å². The topological polar surface area (TPSA) is 76.4 Å². The Morgan fingerprint density at radius 1 is 1.20 bits per heavy atom. The van der Waals surface area contributed by atoms with Gasteiger partial charge in [-0.05, 0) is 24.1 Å². The minimum Gasteiger partial charge on any atom is -0.389 e. The first-order valence-electron chi connectivity index (χ1n) is 8.14. The molecular weight excluding hydrogens is 323 g/mol. The average Bonchev–Trinajstić information content (AvgIpc) is 2.63. The molecule has 1 aliphatic rings. The average molecular weight is 344 g/mol. The lowest BCUT2D eigenvalue weighted by Crippen LogP contribution is -2.50. The molecule has 1 fully saturated rings. The summed E-state index contributed by atoms with van der Waals surface area (Å²) in [5, 5.41) is 12.2. The van der Waals surface area contributed by atoms with Gasteiger partial charge < -0.3 is 15.1 Å². The van der Waals surface area contributed by atoms with E-state index in [-0.39, 0.29) is 23.2 Å². The largest absolute Gasteiger partial charge is 0.389 e. The third-order valence-corrected chi connectivity index (χ3v) is 4.08. The number of nitrogens with one attached hydrogen (secondary N) is 1. The Morgan fingerprint density at radius 3 is 2.36 bits per heavy atom. The molecule has 0 aliphatic carbocycles. The molecule has 1 aromatic rings. The number of benzene rings is 1. The van der Waals surface area contributed by atoms with Crippen molar-refractivity contribution in [2.24, 2.45) is 0 Å². The Balaban J connectivity index is 1.83. The summed E-state index contributed by atoms with van der Waals surface area (Å²) in [5.74, 6) is -0.621. The SMILES string of the molecule is CC(=O)N1CCN(C(=O)/C(C#N)=C\NCCc2ccc(F)cc2)CC1. The van der Waals surface area contributed by atoms with E-state index in [1.54, 1.807) is 21.9 Å². The number of amides is 2. The third-order valence-electron chi connectivity index (χ3n) is 4.08. The molecule has 2 rings (SSSR count). The first-order valence-corrected chi connectivity index (χ1v) is 8.14. The van der Waals surface area contributed by atoms with Crippen molar-refractivity contribution in [3.8, 4) is 6.07 Å². The maximum atomic E-state index is 12.8. The first kappa shape index (κ1) is 18.5. The molecule has 0 spiro atoms. The Kier molecular flexibility index (Phi) is 6.52. The molecule has 0 bridgehead atoms. The van der Waals surface area contributed by atoms with Gasteiger partial charge in [0, 0.05) is 45.8 Å². The monoisotopic (exact) mass is 344 g/mol. The molecule has 1 aliphatic heterocycles. The molecule has 132 valence electrons. The maximum absolute atomic E-state index is 12.8. The first-order chi connectivity index (χ1) is 12.0. The number of hydrogen-bond donors (Lipinski definition) is 1. The van der Waals surface area contributed by atoms with E-state index in [9.17, 15) is 19.2 Å². The van der Waals surface area contributed by atoms with Gasteiger partial charge in [0.1, 0.15) is 17.5 Å². The molecule has 1 heterocycles. The van der Waals surface area contributed by atoms with Gasteiger partial charge in [0.05, 0.1) is 0 Å². The van der Waals surface area contributed by atoms with E-state index in [2.05, 4.69) is 5.32 Å². The second-order valence-electron chi connectivity index (χ2n) is 5.80. The van der Waals surface area contributed by atoms with Crippen LogP contribution in [0.2, 0.25) is 0 Å². The molecule has 0 saturated carbocycles. The summed E-state index contributed by atoms with van der Waals surface area (Å²) in [6, 6.07) is 8.11. The summed E-state index contributed by atoms with van der Waals surface area (Å²) in [6.45, 7) is 3.85. The van der Waals surface area contributed by atoms with E-state index in [0.717, 1.165) is 5.56 Å². The third kappa shape index (κ3) is 5.31. The van der Waals surface area contributed by atoms with Gasteiger partial charge in [-0.15, -0.1) is 0 Å². The lowest BCUT2D eigenvalue weighted by atomic mass is 10.1. The molecule has 0 aromatic heterocycles. The van der Waals surface area contributed by atoms with Crippen LogP contribution in [0.3, 0.4) is 0 Å². The van der Waals surface area contributed by atoms with E-state index in [4.69, 9.17) is 0 Å². The van der Waals surface area contributed by atoms with Crippen molar-refractivity contribution in [1.29, 1.82) is 5.26 Å². The Labute approximate surface area is 146 Å². The maximum Gasteiger partial charge on any atom is 0.266 e. The smallest absolute Gasteiger partial charge is 0.266 e. The van der Waals surface area contributed by atoms with Crippen LogP contribution in [0.5, 0.6) is 0 Å². The molecule has 0 atom stereocenters. The van der Waals surface area contributed by atoms with Gasteiger partial charge in [-0.2, -0.15) is 5.26 Å². The highest BCUT2D eigenvalue weighted by molar-refractivity contribution is 5.97. The predicted octanol–water partition coefficient (Wildman–Crippen LogP) is 1.06. The summed E-state index contributed by atoms with van der Waals surface area (Å²) in [6.07, 6.45) is 2.07. The minimum atomic E-state index is -0.333. The zero-order chi connectivity index (χ0) is 18.2. The number of halogens is 1. The van der Waals surface area contributed by atoms with Gasteiger partial charge in [0.15, 0.2) is 0 Å². The zero-order valence-electron chi connectivity index (χ0n) is 14.2. The molecule has 2 amide bonds. The fourth-order valence-electron chi connectivity index (χ4n) is 2.58. The van der Waals surface area contributed by atoms with Gasteiger partial charge in [-0.1, -0.05) is 12.1 Å². The van der Waals surface area contributed by atoms with Crippen molar-refractivity contribution in [2.45, 2.75) is 13.3 Å². The van der Waals surface area contributed by atoms with E-state index < -0.39 is 0 Å². The summed E-state index contributed by atoms with van der Waals surface area (Å²) in [7, 11) is 0. The van der Waals surface area contributed by atoms with Crippen molar-refractivity contribution in [3.63, 3.8) is 0 Å². The van der Waals surface area contributed by atoms with Crippen LogP contribution in [0, 0.1) is 17.1 Å². The van der Waals surface area contributed by atoms with Crippen LogP contribution in [0.1, 0.15) is 12.5 Å². The number of carbonyl (C=O) groups excluding carboxylic acids is 2. The van der Waals surface area contributed by atoms with Crippen LogP contribution >= 0.6 is 0 Å². The number of nitriles is 1. The number of rotatable bonds is 5. The summed E-state index contributed by atoms with van der Waals surface area (Å²) >= 11 is 0. The molecule has 1 saturated heterocycles. The molecule has 1 N–H and O–H groups in total. The Morgan fingerprint density at radius 2 is 1.80 bits per heavy atom. The van der Waals surface area contributed by atoms with Crippen LogP contribution in [0.4, 0.5) is 4.39 Å². The molecular formula is C18H21FN4O2. The Hall–Kier alpha value is -2.88. The second-order valence-corrected chi connectivity index (χ2v) is 5.80. The van der Waals surface area contributed by atoms with Crippen LogP contribution in [-0.4, -0.2) is 54.3 Å². The van der Waals surface area contributed by atoms with Gasteiger partial charge >= 0.3 is 0 Å². The van der Waals surface area contributed by atoms with Gasteiger partial charge in [0.2, 0.25) is 5.91 Å². The van der Waals surface area contributed by atoms with Crippen molar-refractivity contribution in [1.82, 2.24) is 15.1 Å². The molecule has 25 heavy (non-hydrogen) atoms. The molecule has 6 nitrogen and oxygen atoms in total. The van der Waals surface area contributed by atoms with Crippen molar-refractivity contribution >= 4 is 11.8 Å². The van der Waals surface area contributed by atoms with Crippen LogP contribution in [0.15, 0.2) is 36.0 Å². The quantitative estimate of drug-likeness (QED) is 0.492. The van der Waals surface area contributed by atoms with Gasteiger partial charge in [-0.3, -0.25) is 9.59 Å². The number of nitrogens with zero attached hydrogens (tertiary/aromatic N) is 3. The summed E-state index contributed by atoms with van der Waals surface area (Å²) < 4.78 is 12.8. The van der Waals surface area contributed by atoms with Crippen molar-refractivity contribution < 1.29 is 14.0 Å². The van der Waals surface area contributed by atoms with Crippen LogP contribution < -0.4 is 5.32 Å². The summed E-state index contributed by atoms with van der Waals surface area (Å²) in [5.41, 5.74) is 1.00. The fourth-order valence-corrected chi connectivity index (χ4v) is 2.58. The Bertz CT molecular complexity index is 686. The predicted molar refractivity (Wildman–Crippen MR) is 90.6 cm³/mol. The van der Waals surface area contributed by atoms with Crippen molar-refractivity contribution in [2.75, 3.05) is 32.7 Å². The normalized spacial score (nSPS) is 14.8. The van der Waals surface area contributed by atoms with E-state index in [1.807, 2.05) is 6.07 Å². The van der Waals surface area contributed by atoms with Crippen LogP contribution in [-0.2, 0) is 16.0 Å².